The van der Waals surface area contributed by atoms with E-state index in [2.05, 4.69) is 128 Å². The minimum absolute atomic E-state index is 0.196. The molecule has 0 aliphatic rings. The van der Waals surface area contributed by atoms with Gasteiger partial charge in [0.2, 0.25) is 0 Å². The first-order valence-electron chi connectivity index (χ1n) is 13.5. The fourth-order valence-corrected chi connectivity index (χ4v) is 12.7. The maximum atomic E-state index is 2.35. The van der Waals surface area contributed by atoms with Crippen LogP contribution in [-0.4, -0.2) is 5.40 Å². The first-order chi connectivity index (χ1) is 17.8. The van der Waals surface area contributed by atoms with Crippen LogP contribution in [0.25, 0.3) is 0 Å². The molecule has 0 N–H and O–H groups in total. The lowest BCUT2D eigenvalue weighted by atomic mass is 10.2. The summed E-state index contributed by atoms with van der Waals surface area (Å²) in [6, 6.07) is 45.1. The van der Waals surface area contributed by atoms with Crippen LogP contribution in [0.15, 0.2) is 121 Å². The predicted molar refractivity (Wildman–Crippen MR) is 162 cm³/mol. The third kappa shape index (κ3) is 8.69. The van der Waals surface area contributed by atoms with Crippen LogP contribution in [0, 0.1) is 0 Å². The maximum absolute atomic E-state index is 2.35. The molecular formula is C34H40P2. The lowest BCUT2D eigenvalue weighted by Crippen LogP contribution is -2.11. The monoisotopic (exact) mass is 510 g/mol. The van der Waals surface area contributed by atoms with Gasteiger partial charge in [0.1, 0.15) is 0 Å². The van der Waals surface area contributed by atoms with Gasteiger partial charge in [-0.1, -0.05) is 163 Å². The summed E-state index contributed by atoms with van der Waals surface area (Å²) in [5.41, 5.74) is 6.03. The number of hydrogen-bond acceptors (Lipinski definition) is 0. The molecule has 0 aliphatic heterocycles. The van der Waals surface area contributed by atoms with Crippen molar-refractivity contribution in [3.05, 3.63) is 144 Å². The summed E-state index contributed by atoms with van der Waals surface area (Å²) in [5.74, 6) is 0. The Hall–Kier alpha value is -2.26. The smallest absolute Gasteiger partial charge is 0.000608 e. The van der Waals surface area contributed by atoms with Crippen molar-refractivity contribution in [3.8, 4) is 0 Å². The average Bonchev–Trinajstić information content (AvgIpc) is 2.93. The third-order valence-electron chi connectivity index (χ3n) is 6.82. The van der Waals surface area contributed by atoms with Crippen molar-refractivity contribution in [3.63, 3.8) is 0 Å². The molecule has 0 nitrogen and oxygen atoms in total. The van der Waals surface area contributed by atoms with E-state index in [1.807, 2.05) is 0 Å². The Bertz CT molecular complexity index is 927. The van der Waals surface area contributed by atoms with E-state index in [0.29, 0.717) is 0 Å². The summed E-state index contributed by atoms with van der Waals surface area (Å²) in [5, 5.41) is 0.794. The van der Waals surface area contributed by atoms with Crippen molar-refractivity contribution in [2.75, 3.05) is 0 Å². The average molecular weight is 511 g/mol. The molecule has 2 heteroatoms. The zero-order valence-corrected chi connectivity index (χ0v) is 23.5. The van der Waals surface area contributed by atoms with E-state index in [0.717, 1.165) is 5.40 Å². The van der Waals surface area contributed by atoms with Gasteiger partial charge >= 0.3 is 0 Å². The molecule has 0 unspecified atom stereocenters. The second-order valence-electron chi connectivity index (χ2n) is 9.73. The highest BCUT2D eigenvalue weighted by Gasteiger charge is 2.29. The molecule has 0 amide bonds. The van der Waals surface area contributed by atoms with E-state index in [1.165, 1.54) is 72.6 Å². The predicted octanol–water partition coefficient (Wildman–Crippen LogP) is 10.7. The van der Waals surface area contributed by atoms with E-state index in [1.54, 1.807) is 0 Å². The van der Waals surface area contributed by atoms with Crippen LogP contribution in [0.1, 0.15) is 54.9 Å². The van der Waals surface area contributed by atoms with Crippen LogP contribution in [0.2, 0.25) is 0 Å². The Labute approximate surface area is 221 Å². The van der Waals surface area contributed by atoms with Gasteiger partial charge in [0.25, 0.3) is 0 Å². The van der Waals surface area contributed by atoms with Gasteiger partial charge in [0.05, 0.1) is 0 Å². The number of rotatable bonds is 14. The fraction of sp³-hybridized carbons (Fsp3) is 0.294. The minimum atomic E-state index is -0.196. The molecule has 0 radical (unpaired) electrons. The number of benzene rings is 4. The van der Waals surface area contributed by atoms with Gasteiger partial charge in [-0.2, -0.15) is 0 Å². The van der Waals surface area contributed by atoms with E-state index in [9.17, 15) is 0 Å². The zero-order chi connectivity index (χ0) is 24.8. The normalized spacial score (nSPS) is 11.4. The van der Waals surface area contributed by atoms with E-state index in [-0.39, 0.29) is 15.8 Å². The molecule has 0 spiro atoms. The van der Waals surface area contributed by atoms with Crippen LogP contribution in [0.5, 0.6) is 0 Å². The summed E-state index contributed by atoms with van der Waals surface area (Å²) >= 11 is 0. The highest BCUT2D eigenvalue weighted by Crippen LogP contribution is 2.65. The molecule has 186 valence electrons. The van der Waals surface area contributed by atoms with Gasteiger partial charge in [0.15, 0.2) is 0 Å². The second-order valence-corrected chi connectivity index (χ2v) is 15.0. The van der Waals surface area contributed by atoms with Gasteiger partial charge < -0.3 is 0 Å². The van der Waals surface area contributed by atoms with Gasteiger partial charge in [-0.3, -0.25) is 0 Å². The summed E-state index contributed by atoms with van der Waals surface area (Å²) in [6.07, 6.45) is 10.3. The van der Waals surface area contributed by atoms with Crippen molar-refractivity contribution in [1.82, 2.24) is 0 Å². The number of hydrogen-bond donors (Lipinski definition) is 0. The van der Waals surface area contributed by atoms with E-state index >= 15 is 0 Å². The summed E-state index contributed by atoms with van der Waals surface area (Å²) in [7, 11) is -0.392. The first-order valence-corrected chi connectivity index (χ1v) is 17.0. The molecule has 0 aliphatic carbocycles. The lowest BCUT2D eigenvalue weighted by Gasteiger charge is -2.36. The molecule has 4 aromatic rings. The molecule has 0 fully saturated rings. The van der Waals surface area contributed by atoms with Crippen molar-refractivity contribution in [1.29, 1.82) is 0 Å². The van der Waals surface area contributed by atoms with Crippen LogP contribution in [0.4, 0.5) is 0 Å². The summed E-state index contributed by atoms with van der Waals surface area (Å²) in [4.78, 5) is 0. The zero-order valence-electron chi connectivity index (χ0n) is 21.7. The molecule has 36 heavy (non-hydrogen) atoms. The Morgan fingerprint density at radius 2 is 0.750 bits per heavy atom. The van der Waals surface area contributed by atoms with Gasteiger partial charge in [-0.25, -0.2) is 0 Å². The Morgan fingerprint density at radius 3 is 1.03 bits per heavy atom. The number of unbranched alkanes of at least 4 members (excludes halogenated alkanes) is 2. The van der Waals surface area contributed by atoms with Crippen LogP contribution >= 0.6 is 15.8 Å². The lowest BCUT2D eigenvalue weighted by molar-refractivity contribution is 0.690. The van der Waals surface area contributed by atoms with Crippen molar-refractivity contribution in [2.24, 2.45) is 0 Å². The Kier molecular flexibility index (Phi) is 11.2. The topological polar surface area (TPSA) is 0 Å². The largest absolute Gasteiger partial charge is 0.0901 e. The molecule has 0 atom stereocenters. The molecule has 4 rings (SSSR count). The molecule has 0 saturated carbocycles. The molecule has 4 aromatic carbocycles. The third-order valence-corrected chi connectivity index (χ3v) is 14.1. The van der Waals surface area contributed by atoms with Crippen molar-refractivity contribution in [2.45, 2.75) is 62.7 Å². The molecule has 0 saturated heterocycles. The Balaban J connectivity index is 1.69. The quantitative estimate of drug-likeness (QED) is 0.117. The highest BCUT2D eigenvalue weighted by molar-refractivity contribution is 7.74. The van der Waals surface area contributed by atoms with E-state index in [4.69, 9.17) is 0 Å². The van der Waals surface area contributed by atoms with Crippen LogP contribution in [0.3, 0.4) is 0 Å². The van der Waals surface area contributed by atoms with E-state index < -0.39 is 0 Å². The second kappa shape index (κ2) is 15.1. The first kappa shape index (κ1) is 26.8. The van der Waals surface area contributed by atoms with Gasteiger partial charge in [-0.05, 0) is 53.3 Å². The highest BCUT2D eigenvalue weighted by atomic mass is 31.2. The van der Waals surface area contributed by atoms with Crippen LogP contribution in [-0.2, 0) is 24.6 Å². The van der Waals surface area contributed by atoms with Crippen LogP contribution < -0.4 is 0 Å². The van der Waals surface area contributed by atoms with Crippen molar-refractivity contribution >= 4 is 15.8 Å². The SMILES string of the molecule is CCCCCC(P(Cc1ccccc1)Cc1ccccc1)P(Cc1ccccc1)Cc1ccccc1. The minimum Gasteiger partial charge on any atom is -0.0901 e. The summed E-state index contributed by atoms with van der Waals surface area (Å²) in [6.45, 7) is 2.34. The fourth-order valence-electron chi connectivity index (χ4n) is 4.98. The molecule has 0 heterocycles. The van der Waals surface area contributed by atoms with Crippen molar-refractivity contribution < 1.29 is 0 Å². The molecular weight excluding hydrogens is 470 g/mol. The molecule has 0 aromatic heterocycles. The summed E-state index contributed by atoms with van der Waals surface area (Å²) < 4.78 is 0. The van der Waals surface area contributed by atoms with Gasteiger partial charge in [0, 0.05) is 5.40 Å². The maximum Gasteiger partial charge on any atom is 0.000608 e. The van der Waals surface area contributed by atoms with Gasteiger partial charge in [-0.15, -0.1) is 0 Å². The standard InChI is InChI=1S/C34H40P2/c1-2-3-8-25-34(35(26-30-17-9-4-10-18-30)27-31-19-11-5-12-20-31)36(28-32-21-13-6-14-22-32)29-33-23-15-7-16-24-33/h4-7,9-24,34H,2-3,8,25-29H2,1H3. The molecule has 0 bridgehead atoms. The Morgan fingerprint density at radius 1 is 0.444 bits per heavy atom.